The van der Waals surface area contributed by atoms with Crippen molar-refractivity contribution in [3.63, 3.8) is 0 Å². The highest BCUT2D eigenvalue weighted by Gasteiger charge is 2.23. The van der Waals surface area contributed by atoms with Gasteiger partial charge in [-0.1, -0.05) is 41.9 Å². The number of hydrogen-bond acceptors (Lipinski definition) is 9. The molecule has 0 spiro atoms. The van der Waals surface area contributed by atoms with Crippen LogP contribution < -0.4 is 25.4 Å². The molecule has 5 rings (SSSR count). The summed E-state index contributed by atoms with van der Waals surface area (Å²) in [5.74, 6) is 1.87. The summed E-state index contributed by atoms with van der Waals surface area (Å²) in [4.78, 5) is 28.8. The summed E-state index contributed by atoms with van der Waals surface area (Å²) in [5.41, 5.74) is 3.77. The molecule has 0 radical (unpaired) electrons. The number of nitrogens with one attached hydrogen (secondary N) is 3. The number of ether oxygens (including phenoxy) is 2. The number of aryl methyl sites for hydroxylation is 1. The molecule has 0 aliphatic carbocycles. The van der Waals surface area contributed by atoms with Crippen LogP contribution >= 0.6 is 23.2 Å². The van der Waals surface area contributed by atoms with E-state index in [0.29, 0.717) is 73.9 Å². The molecular weight excluding hydrogens is 589 g/mol. The first-order valence-electron chi connectivity index (χ1n) is 13.7. The van der Waals surface area contributed by atoms with E-state index < -0.39 is 0 Å². The molecule has 3 heterocycles. The van der Waals surface area contributed by atoms with Gasteiger partial charge >= 0.3 is 0 Å². The Morgan fingerprint density at radius 3 is 2.56 bits per heavy atom. The summed E-state index contributed by atoms with van der Waals surface area (Å²) in [6.45, 7) is 8.22. The molecule has 10 nitrogen and oxygen atoms in total. The lowest BCUT2D eigenvalue weighted by Gasteiger charge is -2.18. The second-order valence-electron chi connectivity index (χ2n) is 10.4. The van der Waals surface area contributed by atoms with Gasteiger partial charge in [-0.2, -0.15) is 0 Å². The summed E-state index contributed by atoms with van der Waals surface area (Å²) in [6.07, 6.45) is 4.02. The average molecular weight is 623 g/mol. The summed E-state index contributed by atoms with van der Waals surface area (Å²) in [6, 6.07) is 9.07. The van der Waals surface area contributed by atoms with E-state index in [1.807, 2.05) is 25.1 Å². The highest BCUT2D eigenvalue weighted by molar-refractivity contribution is 6.41. The number of hydrogen-bond donors (Lipinski definition) is 3. The molecule has 1 aliphatic heterocycles. The van der Waals surface area contributed by atoms with E-state index in [0.717, 1.165) is 30.5 Å². The van der Waals surface area contributed by atoms with Gasteiger partial charge in [0.1, 0.15) is 17.0 Å². The topological polar surface area (TPSA) is 114 Å². The van der Waals surface area contributed by atoms with Crippen LogP contribution in [0.25, 0.3) is 22.2 Å². The van der Waals surface area contributed by atoms with Crippen LogP contribution in [0, 0.1) is 12.8 Å². The van der Waals surface area contributed by atoms with Gasteiger partial charge in [0.05, 0.1) is 41.3 Å². The molecule has 1 unspecified atom stereocenters. The largest absolute Gasteiger partial charge is 0.495 e. The number of rotatable bonds is 10. The maximum atomic E-state index is 12.1. The summed E-state index contributed by atoms with van der Waals surface area (Å²) in [7, 11) is 5.18. The smallest absolute Gasteiger partial charge is 0.247 e. The fraction of sp³-hybridized carbons (Fsp3) is 0.290. The lowest BCUT2D eigenvalue weighted by atomic mass is 10.1. The average Bonchev–Trinajstić information content (AvgIpc) is 3.42. The normalized spacial score (nSPS) is 14.9. The molecule has 1 amide bonds. The van der Waals surface area contributed by atoms with E-state index in [1.165, 1.54) is 20.3 Å². The van der Waals surface area contributed by atoms with Gasteiger partial charge in [-0.3, -0.25) is 4.79 Å². The Balaban J connectivity index is 1.60. The Morgan fingerprint density at radius 2 is 1.91 bits per heavy atom. The van der Waals surface area contributed by atoms with Crippen LogP contribution in [0.3, 0.4) is 0 Å². The first-order valence-corrected chi connectivity index (χ1v) is 14.5. The van der Waals surface area contributed by atoms with E-state index in [4.69, 9.17) is 42.6 Å². The van der Waals surface area contributed by atoms with E-state index in [9.17, 15) is 4.79 Å². The zero-order valence-electron chi connectivity index (χ0n) is 24.4. The Bertz CT molecular complexity index is 1670. The van der Waals surface area contributed by atoms with Crippen molar-refractivity contribution in [3.8, 4) is 22.8 Å². The predicted octanol–water partition coefficient (Wildman–Crippen LogP) is 6.56. The third kappa shape index (κ3) is 6.46. The molecule has 1 aliphatic rings. The van der Waals surface area contributed by atoms with Crippen LogP contribution in [0.5, 0.6) is 11.5 Å². The van der Waals surface area contributed by atoms with E-state index in [1.54, 1.807) is 18.3 Å². The fourth-order valence-corrected chi connectivity index (χ4v) is 5.82. The number of benzene rings is 2. The molecule has 1 fully saturated rings. The fourth-order valence-electron chi connectivity index (χ4n) is 5.13. The number of fused-ring (bicyclic) bond motifs is 1. The second kappa shape index (κ2) is 13.0. The van der Waals surface area contributed by atoms with Gasteiger partial charge in [-0.05, 0) is 56.6 Å². The minimum absolute atomic E-state index is 0.316. The number of aromatic nitrogens is 3. The standard InChI is InChI=1S/C31H33Cl2N7O3/c1-6-24(41)36-20-9-7-8-17(2)28(20)38-31-35-15-19-12-21(25-26(32)22(42-4)13-23(43-5)27(25)33)37-30(29(19)39-31)34-14-18-10-11-40(3)16-18/h6-9,12-13,15,18H,1,10-11,14,16H2,2-5H3,(H,34,37)(H,36,41)(H,35,38,39). The third-order valence-corrected chi connectivity index (χ3v) is 8.15. The van der Waals surface area contributed by atoms with E-state index in [2.05, 4.69) is 39.5 Å². The van der Waals surface area contributed by atoms with Gasteiger partial charge < -0.3 is 30.3 Å². The minimum atomic E-state index is -0.319. The van der Waals surface area contributed by atoms with Crippen LogP contribution in [0.1, 0.15) is 12.0 Å². The number of methoxy groups -OCH3 is 2. The number of carbonyl (C=O) groups is 1. The number of nitrogens with zero attached hydrogens (tertiary/aromatic N) is 4. The monoisotopic (exact) mass is 621 g/mol. The lowest BCUT2D eigenvalue weighted by molar-refractivity contribution is -0.111. The van der Waals surface area contributed by atoms with E-state index in [-0.39, 0.29) is 5.91 Å². The molecule has 3 N–H and O–H groups in total. The number of anilines is 4. The molecule has 2 aromatic carbocycles. The molecule has 2 aromatic heterocycles. The van der Waals surface area contributed by atoms with Crippen LogP contribution in [0.2, 0.25) is 10.0 Å². The molecule has 0 bridgehead atoms. The summed E-state index contributed by atoms with van der Waals surface area (Å²) in [5, 5.41) is 11.0. The molecule has 224 valence electrons. The summed E-state index contributed by atoms with van der Waals surface area (Å²) < 4.78 is 11.0. The van der Waals surface area contributed by atoms with Crippen molar-refractivity contribution in [2.24, 2.45) is 5.92 Å². The van der Waals surface area contributed by atoms with Crippen molar-refractivity contribution in [3.05, 3.63) is 64.8 Å². The van der Waals surface area contributed by atoms with Gasteiger partial charge in [0.25, 0.3) is 0 Å². The van der Waals surface area contributed by atoms with Gasteiger partial charge in [-0.15, -0.1) is 0 Å². The predicted molar refractivity (Wildman–Crippen MR) is 173 cm³/mol. The number of pyridine rings is 1. The van der Waals surface area contributed by atoms with Crippen molar-refractivity contribution >= 4 is 63.2 Å². The van der Waals surface area contributed by atoms with Crippen molar-refractivity contribution in [1.82, 2.24) is 19.9 Å². The Kier molecular flexibility index (Phi) is 9.19. The van der Waals surface area contributed by atoms with Crippen LogP contribution in [0.15, 0.2) is 49.2 Å². The van der Waals surface area contributed by atoms with Crippen LogP contribution in [0.4, 0.5) is 23.1 Å². The second-order valence-corrected chi connectivity index (χ2v) is 11.1. The lowest BCUT2D eigenvalue weighted by Crippen LogP contribution is -2.19. The number of para-hydroxylation sites is 1. The molecule has 43 heavy (non-hydrogen) atoms. The highest BCUT2D eigenvalue weighted by atomic mass is 35.5. The number of likely N-dealkylation sites (tertiary alicyclic amines) is 1. The number of carbonyl (C=O) groups excluding carboxylic acids is 1. The molecule has 4 aromatic rings. The van der Waals surface area contributed by atoms with Gasteiger partial charge in [0.2, 0.25) is 11.9 Å². The number of amides is 1. The van der Waals surface area contributed by atoms with Gasteiger partial charge in [0.15, 0.2) is 5.82 Å². The van der Waals surface area contributed by atoms with Gasteiger partial charge in [-0.25, -0.2) is 15.0 Å². The zero-order chi connectivity index (χ0) is 30.7. The molecule has 1 atom stereocenters. The zero-order valence-corrected chi connectivity index (χ0v) is 25.9. The minimum Gasteiger partial charge on any atom is -0.495 e. The van der Waals surface area contributed by atoms with Crippen molar-refractivity contribution in [2.75, 3.05) is 56.9 Å². The molecule has 12 heteroatoms. The van der Waals surface area contributed by atoms with E-state index >= 15 is 0 Å². The van der Waals surface area contributed by atoms with Crippen molar-refractivity contribution in [2.45, 2.75) is 13.3 Å². The first-order chi connectivity index (χ1) is 20.7. The summed E-state index contributed by atoms with van der Waals surface area (Å²) >= 11 is 13.5. The maximum absolute atomic E-state index is 12.1. The van der Waals surface area contributed by atoms with Crippen molar-refractivity contribution < 1.29 is 14.3 Å². The highest BCUT2D eigenvalue weighted by Crippen LogP contribution is 2.46. The van der Waals surface area contributed by atoms with Crippen LogP contribution in [-0.2, 0) is 4.79 Å². The Hall–Kier alpha value is -4.12. The maximum Gasteiger partial charge on any atom is 0.247 e. The molecule has 1 saturated heterocycles. The Morgan fingerprint density at radius 1 is 1.16 bits per heavy atom. The third-order valence-electron chi connectivity index (χ3n) is 7.40. The molecular formula is C31H33Cl2N7O3. The first kappa shape index (κ1) is 30.3. The molecule has 0 saturated carbocycles. The SMILES string of the molecule is C=CC(=O)Nc1cccc(C)c1Nc1ncc2cc(-c3c(Cl)c(OC)cc(OC)c3Cl)nc(NCC3CCN(C)C3)c2n1. The number of halogens is 2. The van der Waals surface area contributed by atoms with Crippen molar-refractivity contribution in [1.29, 1.82) is 0 Å². The quantitative estimate of drug-likeness (QED) is 0.169. The van der Waals surface area contributed by atoms with Gasteiger partial charge in [0, 0.05) is 36.3 Å². The Labute approximate surface area is 260 Å². The van der Waals surface area contributed by atoms with Crippen LogP contribution in [-0.4, -0.2) is 66.7 Å².